The highest BCUT2D eigenvalue weighted by molar-refractivity contribution is 5.58. The topological polar surface area (TPSA) is 55.5 Å². The third-order valence-electron chi connectivity index (χ3n) is 6.35. The highest BCUT2D eigenvalue weighted by Gasteiger charge is 2.39. The third-order valence-corrected chi connectivity index (χ3v) is 6.35. The molecule has 0 radical (unpaired) electrons. The van der Waals surface area contributed by atoms with Crippen molar-refractivity contribution in [2.24, 2.45) is 0 Å². The summed E-state index contributed by atoms with van der Waals surface area (Å²) in [4.78, 5) is 0. The molecular formula is C21H27NO3. The molecule has 1 aromatic carbocycles. The van der Waals surface area contributed by atoms with Crippen LogP contribution in [0.1, 0.15) is 78.7 Å². The average molecular weight is 341 g/mol. The van der Waals surface area contributed by atoms with E-state index in [0.717, 1.165) is 52.3 Å². The van der Waals surface area contributed by atoms with Gasteiger partial charge in [-0.15, -0.1) is 0 Å². The second-order valence-corrected chi connectivity index (χ2v) is 7.96. The monoisotopic (exact) mass is 341 g/mol. The lowest BCUT2D eigenvalue weighted by Gasteiger charge is -2.36. The minimum Gasteiger partial charge on any atom is -0.507 e. The van der Waals surface area contributed by atoms with Crippen LogP contribution < -0.4 is 4.74 Å². The Morgan fingerprint density at radius 1 is 1.12 bits per heavy atom. The molecule has 1 atom stereocenters. The van der Waals surface area contributed by atoms with E-state index in [0.29, 0.717) is 11.7 Å². The molecular weight excluding hydrogens is 314 g/mol. The normalized spacial score (nSPS) is 23.5. The number of hydrogen-bond acceptors (Lipinski definition) is 4. The number of rotatable bonds is 2. The van der Waals surface area contributed by atoms with Gasteiger partial charge in [0, 0.05) is 17.5 Å². The van der Waals surface area contributed by atoms with E-state index in [1.165, 1.54) is 25.7 Å². The van der Waals surface area contributed by atoms with Crippen LogP contribution in [0.2, 0.25) is 0 Å². The molecule has 0 spiro atoms. The van der Waals surface area contributed by atoms with Crippen LogP contribution in [0, 0.1) is 20.8 Å². The molecule has 4 heteroatoms. The first-order valence-corrected chi connectivity index (χ1v) is 9.38. The number of fused-ring (bicyclic) bond motifs is 1. The molecule has 1 saturated carbocycles. The summed E-state index contributed by atoms with van der Waals surface area (Å²) in [7, 11) is 0. The van der Waals surface area contributed by atoms with Crippen LogP contribution in [-0.2, 0) is 12.0 Å². The fourth-order valence-electron chi connectivity index (χ4n) is 4.37. The predicted molar refractivity (Wildman–Crippen MR) is 96.3 cm³/mol. The van der Waals surface area contributed by atoms with E-state index in [-0.39, 0.29) is 0 Å². The minimum atomic E-state index is -0.478. The maximum Gasteiger partial charge on any atom is 0.152 e. The summed E-state index contributed by atoms with van der Waals surface area (Å²) < 4.78 is 12.2. The molecule has 1 aromatic heterocycles. The number of ether oxygens (including phenoxy) is 1. The first-order chi connectivity index (χ1) is 11.9. The highest BCUT2D eigenvalue weighted by Crippen LogP contribution is 2.46. The third kappa shape index (κ3) is 2.54. The fraction of sp³-hybridized carbons (Fsp3) is 0.571. The summed E-state index contributed by atoms with van der Waals surface area (Å²) in [5.74, 6) is 2.84. The Balaban J connectivity index is 1.69. The number of aromatic nitrogens is 1. The Bertz CT molecular complexity index is 817. The molecule has 0 bridgehead atoms. The second kappa shape index (κ2) is 5.79. The van der Waals surface area contributed by atoms with Crippen molar-refractivity contribution in [2.75, 3.05) is 0 Å². The summed E-state index contributed by atoms with van der Waals surface area (Å²) in [5.41, 5.74) is 4.39. The van der Waals surface area contributed by atoms with Crippen LogP contribution in [0.4, 0.5) is 0 Å². The molecule has 1 N–H and O–H groups in total. The fourth-order valence-corrected chi connectivity index (χ4v) is 4.37. The predicted octanol–water partition coefficient (Wildman–Crippen LogP) is 5.20. The van der Waals surface area contributed by atoms with E-state index in [1.54, 1.807) is 0 Å². The van der Waals surface area contributed by atoms with E-state index >= 15 is 0 Å². The molecule has 2 heterocycles. The van der Waals surface area contributed by atoms with E-state index in [9.17, 15) is 5.11 Å². The Morgan fingerprint density at radius 2 is 1.84 bits per heavy atom. The molecule has 1 unspecified atom stereocenters. The lowest BCUT2D eigenvalue weighted by Crippen LogP contribution is -2.34. The molecule has 0 saturated heterocycles. The van der Waals surface area contributed by atoms with Gasteiger partial charge in [0.25, 0.3) is 0 Å². The molecule has 1 fully saturated rings. The summed E-state index contributed by atoms with van der Waals surface area (Å²) in [6, 6.07) is 2.11. The van der Waals surface area contributed by atoms with Crippen molar-refractivity contribution in [3.8, 4) is 11.5 Å². The van der Waals surface area contributed by atoms with Gasteiger partial charge in [-0.05, 0) is 70.1 Å². The minimum absolute atomic E-state index is 0.397. The maximum atomic E-state index is 10.3. The van der Waals surface area contributed by atoms with Crippen LogP contribution >= 0.6 is 0 Å². The summed E-state index contributed by atoms with van der Waals surface area (Å²) in [5, 5.41) is 14.7. The first kappa shape index (κ1) is 16.5. The van der Waals surface area contributed by atoms with Gasteiger partial charge in [-0.1, -0.05) is 18.0 Å². The van der Waals surface area contributed by atoms with Gasteiger partial charge in [0.15, 0.2) is 5.60 Å². The molecule has 2 aromatic rings. The Kier molecular flexibility index (Phi) is 3.82. The number of nitrogens with zero attached hydrogens (tertiary/aromatic N) is 1. The zero-order valence-corrected chi connectivity index (χ0v) is 15.6. The van der Waals surface area contributed by atoms with E-state index in [1.807, 2.05) is 20.8 Å². The first-order valence-electron chi connectivity index (χ1n) is 9.38. The van der Waals surface area contributed by atoms with Gasteiger partial charge in [0.1, 0.15) is 23.0 Å². The van der Waals surface area contributed by atoms with Gasteiger partial charge in [-0.2, -0.15) is 0 Å². The number of benzene rings is 1. The van der Waals surface area contributed by atoms with Crippen LogP contribution in [0.3, 0.4) is 0 Å². The summed E-state index contributed by atoms with van der Waals surface area (Å²) >= 11 is 0. The van der Waals surface area contributed by atoms with Crippen molar-refractivity contribution in [3.63, 3.8) is 0 Å². The van der Waals surface area contributed by atoms with E-state index in [2.05, 4.69) is 18.1 Å². The van der Waals surface area contributed by atoms with Gasteiger partial charge in [0.05, 0.1) is 0 Å². The number of hydrogen-bond donors (Lipinski definition) is 1. The average Bonchev–Trinajstić information content (AvgIpc) is 3.29. The van der Waals surface area contributed by atoms with Gasteiger partial charge in [0.2, 0.25) is 0 Å². The van der Waals surface area contributed by atoms with Crippen LogP contribution in [-0.4, -0.2) is 10.3 Å². The number of aromatic hydroxyl groups is 1. The standard InChI is InChI=1S/C21H27NO3/c1-12-13(2)20-16(14(3)19(12)23)9-10-21(4,24-20)18-11-17(25-22-18)15-7-5-6-8-15/h11,15,23H,5-10H2,1-4H3. The molecule has 1 aliphatic heterocycles. The van der Waals surface area contributed by atoms with Crippen molar-refractivity contribution in [2.45, 2.75) is 77.7 Å². The molecule has 1 aliphatic carbocycles. The van der Waals surface area contributed by atoms with Crippen molar-refractivity contribution in [1.82, 2.24) is 5.16 Å². The largest absolute Gasteiger partial charge is 0.507 e. The Hall–Kier alpha value is -1.97. The quantitative estimate of drug-likeness (QED) is 0.815. The van der Waals surface area contributed by atoms with Crippen molar-refractivity contribution in [3.05, 3.63) is 39.8 Å². The Morgan fingerprint density at radius 3 is 2.56 bits per heavy atom. The molecule has 4 rings (SSSR count). The van der Waals surface area contributed by atoms with Gasteiger partial charge < -0.3 is 14.4 Å². The zero-order chi connectivity index (χ0) is 17.8. The zero-order valence-electron chi connectivity index (χ0n) is 15.6. The van der Waals surface area contributed by atoms with Gasteiger partial charge >= 0.3 is 0 Å². The van der Waals surface area contributed by atoms with Crippen LogP contribution in [0.5, 0.6) is 11.5 Å². The maximum absolute atomic E-state index is 10.3. The SMILES string of the molecule is Cc1c(C)c2c(c(C)c1O)CCC(C)(c1cc(C3CCCC3)on1)O2. The van der Waals surface area contributed by atoms with Crippen molar-refractivity contribution >= 4 is 0 Å². The lowest BCUT2D eigenvalue weighted by molar-refractivity contribution is 0.0534. The molecule has 2 aliphatic rings. The Labute approximate surface area is 149 Å². The second-order valence-electron chi connectivity index (χ2n) is 7.96. The van der Waals surface area contributed by atoms with Gasteiger partial charge in [-0.25, -0.2) is 0 Å². The highest BCUT2D eigenvalue weighted by atomic mass is 16.5. The smallest absolute Gasteiger partial charge is 0.152 e. The number of phenols is 1. The van der Waals surface area contributed by atoms with E-state index < -0.39 is 5.60 Å². The van der Waals surface area contributed by atoms with Gasteiger partial charge in [-0.3, -0.25) is 0 Å². The number of phenolic OH excluding ortho intramolecular Hbond substituents is 1. The van der Waals surface area contributed by atoms with Crippen molar-refractivity contribution in [1.29, 1.82) is 0 Å². The lowest BCUT2D eigenvalue weighted by atomic mass is 9.85. The van der Waals surface area contributed by atoms with Crippen LogP contribution in [0.25, 0.3) is 0 Å². The van der Waals surface area contributed by atoms with Crippen LogP contribution in [0.15, 0.2) is 10.6 Å². The molecule has 0 amide bonds. The molecule has 4 nitrogen and oxygen atoms in total. The summed E-state index contributed by atoms with van der Waals surface area (Å²) in [6.45, 7) is 8.04. The molecule has 25 heavy (non-hydrogen) atoms. The molecule has 134 valence electrons. The van der Waals surface area contributed by atoms with Crippen molar-refractivity contribution < 1.29 is 14.4 Å². The van der Waals surface area contributed by atoms with E-state index in [4.69, 9.17) is 9.26 Å². The summed E-state index contributed by atoms with van der Waals surface area (Å²) in [6.07, 6.45) is 6.67.